The Kier molecular flexibility index (Phi) is 5.34. The van der Waals surface area contributed by atoms with E-state index in [1.807, 2.05) is 30.3 Å². The van der Waals surface area contributed by atoms with Gasteiger partial charge in [0.05, 0.1) is 5.52 Å². The molecule has 1 heterocycles. The molecule has 0 atom stereocenters. The lowest BCUT2D eigenvalue weighted by molar-refractivity contribution is 0.0932. The van der Waals surface area contributed by atoms with Crippen molar-refractivity contribution in [3.63, 3.8) is 0 Å². The van der Waals surface area contributed by atoms with Crippen LogP contribution in [0.3, 0.4) is 0 Å². The van der Waals surface area contributed by atoms with Gasteiger partial charge in [0, 0.05) is 29.0 Å². The summed E-state index contributed by atoms with van der Waals surface area (Å²) in [6.07, 6.45) is 3.84. The van der Waals surface area contributed by atoms with Crippen molar-refractivity contribution in [1.82, 2.24) is 10.3 Å². The molecule has 0 bridgehead atoms. The van der Waals surface area contributed by atoms with Gasteiger partial charge >= 0.3 is 0 Å². The van der Waals surface area contributed by atoms with Crippen molar-refractivity contribution in [3.05, 3.63) is 42.1 Å². The fourth-order valence-electron chi connectivity index (χ4n) is 2.32. The predicted molar refractivity (Wildman–Crippen MR) is 90.9 cm³/mol. The Morgan fingerprint density at radius 1 is 1.29 bits per heavy atom. The minimum atomic E-state index is -0.0204. The van der Waals surface area contributed by atoms with Gasteiger partial charge in [-0.3, -0.25) is 9.78 Å². The average Bonchev–Trinajstić information content (AvgIpc) is 2.56. The maximum absolute atomic E-state index is 12.3. The molecule has 4 heteroatoms. The number of halogens is 1. The predicted octanol–water partition coefficient (Wildman–Crippen LogP) is 4.17. The number of amides is 1. The molecule has 0 fully saturated rings. The summed E-state index contributed by atoms with van der Waals surface area (Å²) < 4.78 is 0. The third-order valence-electron chi connectivity index (χ3n) is 4.27. The van der Waals surface area contributed by atoms with Crippen molar-refractivity contribution in [2.24, 2.45) is 5.41 Å². The fraction of sp³-hybridized carbons (Fsp3) is 0.412. The van der Waals surface area contributed by atoms with E-state index in [2.05, 4.69) is 40.1 Å². The Morgan fingerprint density at radius 2 is 2.05 bits per heavy atom. The van der Waals surface area contributed by atoms with Crippen LogP contribution in [0.25, 0.3) is 10.9 Å². The normalized spacial score (nSPS) is 11.6. The van der Waals surface area contributed by atoms with Crippen molar-refractivity contribution >= 4 is 32.7 Å². The number of carbonyl (C=O) groups excluding carboxylic acids is 1. The second-order valence-electron chi connectivity index (χ2n) is 5.43. The van der Waals surface area contributed by atoms with Crippen LogP contribution in [0.1, 0.15) is 37.0 Å². The molecule has 0 aliphatic rings. The summed E-state index contributed by atoms with van der Waals surface area (Å²) >= 11 is 3.57. The van der Waals surface area contributed by atoms with Crippen LogP contribution < -0.4 is 5.32 Å². The first-order valence-corrected chi connectivity index (χ1v) is 8.45. The minimum Gasteiger partial charge on any atom is -0.351 e. The third kappa shape index (κ3) is 3.62. The molecule has 1 N–H and O–H groups in total. The number of rotatable bonds is 6. The minimum absolute atomic E-state index is 0.0204. The van der Waals surface area contributed by atoms with E-state index >= 15 is 0 Å². The van der Waals surface area contributed by atoms with Crippen molar-refractivity contribution in [3.8, 4) is 0 Å². The quantitative estimate of drug-likeness (QED) is 0.796. The van der Waals surface area contributed by atoms with E-state index in [1.54, 1.807) is 6.20 Å². The van der Waals surface area contributed by atoms with Gasteiger partial charge in [0.1, 0.15) is 0 Å². The van der Waals surface area contributed by atoms with E-state index in [1.165, 1.54) is 0 Å². The highest BCUT2D eigenvalue weighted by molar-refractivity contribution is 9.09. The smallest absolute Gasteiger partial charge is 0.251 e. The number of carbonyl (C=O) groups is 1. The second kappa shape index (κ2) is 7.03. The first-order valence-electron chi connectivity index (χ1n) is 7.33. The number of nitrogens with one attached hydrogen (secondary N) is 1. The van der Waals surface area contributed by atoms with E-state index in [0.717, 1.165) is 29.1 Å². The number of pyridine rings is 1. The van der Waals surface area contributed by atoms with Crippen LogP contribution in [0.2, 0.25) is 0 Å². The monoisotopic (exact) mass is 348 g/mol. The maximum atomic E-state index is 12.3. The van der Waals surface area contributed by atoms with Crippen molar-refractivity contribution in [2.75, 3.05) is 11.9 Å². The third-order valence-corrected chi connectivity index (χ3v) is 5.46. The Morgan fingerprint density at radius 3 is 2.71 bits per heavy atom. The van der Waals surface area contributed by atoms with E-state index in [4.69, 9.17) is 0 Å². The summed E-state index contributed by atoms with van der Waals surface area (Å²) in [6.45, 7) is 5.02. The first-order chi connectivity index (χ1) is 10.1. The first kappa shape index (κ1) is 16.0. The molecule has 112 valence electrons. The second-order valence-corrected chi connectivity index (χ2v) is 6.00. The van der Waals surface area contributed by atoms with Gasteiger partial charge in [0.2, 0.25) is 0 Å². The molecule has 0 aliphatic heterocycles. The summed E-state index contributed by atoms with van der Waals surface area (Å²) in [4.78, 5) is 16.6. The molecular formula is C17H21BrN2O. The van der Waals surface area contributed by atoms with Gasteiger partial charge in [0.15, 0.2) is 0 Å². The van der Waals surface area contributed by atoms with Crippen LogP contribution in [-0.4, -0.2) is 22.8 Å². The highest BCUT2D eigenvalue weighted by Gasteiger charge is 2.25. The van der Waals surface area contributed by atoms with Crippen molar-refractivity contribution < 1.29 is 4.79 Å². The maximum Gasteiger partial charge on any atom is 0.251 e. The SMILES string of the molecule is CCC(CC)(CBr)CNC(=O)c1ccc2ncccc2c1. The van der Waals surface area contributed by atoms with Crippen LogP contribution in [0, 0.1) is 5.41 Å². The highest BCUT2D eigenvalue weighted by Crippen LogP contribution is 2.27. The number of alkyl halides is 1. The molecule has 2 rings (SSSR count). The Hall–Kier alpha value is -1.42. The number of hydrogen-bond acceptors (Lipinski definition) is 2. The molecule has 2 aromatic rings. The van der Waals surface area contributed by atoms with Crippen molar-refractivity contribution in [1.29, 1.82) is 0 Å². The number of aromatic nitrogens is 1. The molecule has 0 radical (unpaired) electrons. The lowest BCUT2D eigenvalue weighted by atomic mass is 9.84. The van der Waals surface area contributed by atoms with Gasteiger partial charge in [-0.05, 0) is 42.5 Å². The zero-order valence-electron chi connectivity index (χ0n) is 12.5. The molecule has 0 aliphatic carbocycles. The van der Waals surface area contributed by atoms with Crippen LogP contribution in [0.5, 0.6) is 0 Å². The molecule has 0 saturated heterocycles. The Labute approximate surface area is 134 Å². The van der Waals surface area contributed by atoms with E-state index in [9.17, 15) is 4.79 Å². The molecule has 1 amide bonds. The molecule has 21 heavy (non-hydrogen) atoms. The average molecular weight is 349 g/mol. The fourth-order valence-corrected chi connectivity index (χ4v) is 3.31. The molecule has 3 nitrogen and oxygen atoms in total. The number of fused-ring (bicyclic) bond motifs is 1. The molecule has 1 aromatic heterocycles. The van der Waals surface area contributed by atoms with Crippen LogP contribution in [0.15, 0.2) is 36.5 Å². The highest BCUT2D eigenvalue weighted by atomic mass is 79.9. The van der Waals surface area contributed by atoms with Crippen LogP contribution in [-0.2, 0) is 0 Å². The van der Waals surface area contributed by atoms with Crippen molar-refractivity contribution in [2.45, 2.75) is 26.7 Å². The molecular weight excluding hydrogens is 328 g/mol. The summed E-state index contributed by atoms with van der Waals surface area (Å²) in [5.41, 5.74) is 1.73. The summed E-state index contributed by atoms with van der Waals surface area (Å²) in [7, 11) is 0. The van der Waals surface area contributed by atoms with Gasteiger partial charge in [-0.15, -0.1) is 0 Å². The Bertz CT molecular complexity index is 615. The van der Waals surface area contributed by atoms with Gasteiger partial charge in [-0.2, -0.15) is 0 Å². The van der Waals surface area contributed by atoms with E-state index < -0.39 is 0 Å². The lowest BCUT2D eigenvalue weighted by Gasteiger charge is -2.29. The zero-order chi connectivity index (χ0) is 15.3. The van der Waals surface area contributed by atoms with Gasteiger partial charge in [-0.25, -0.2) is 0 Å². The molecule has 0 saturated carbocycles. The number of nitrogens with zero attached hydrogens (tertiary/aromatic N) is 1. The summed E-state index contributed by atoms with van der Waals surface area (Å²) in [6, 6.07) is 9.47. The van der Waals surface area contributed by atoms with E-state index in [0.29, 0.717) is 12.1 Å². The largest absolute Gasteiger partial charge is 0.351 e. The zero-order valence-corrected chi connectivity index (χ0v) is 14.1. The summed E-state index contributed by atoms with van der Waals surface area (Å²) in [5, 5.41) is 4.95. The molecule has 0 spiro atoms. The topological polar surface area (TPSA) is 42.0 Å². The molecule has 0 unspecified atom stereocenters. The van der Waals surface area contributed by atoms with Gasteiger partial charge < -0.3 is 5.32 Å². The van der Waals surface area contributed by atoms with Crippen LogP contribution in [0.4, 0.5) is 0 Å². The lowest BCUT2D eigenvalue weighted by Crippen LogP contribution is -2.38. The number of benzene rings is 1. The van der Waals surface area contributed by atoms with Gasteiger partial charge in [-0.1, -0.05) is 35.8 Å². The number of hydrogen-bond donors (Lipinski definition) is 1. The van der Waals surface area contributed by atoms with Crippen LogP contribution >= 0.6 is 15.9 Å². The van der Waals surface area contributed by atoms with Gasteiger partial charge in [0.25, 0.3) is 5.91 Å². The molecule has 1 aromatic carbocycles. The Balaban J connectivity index is 2.11. The summed E-state index contributed by atoms with van der Waals surface area (Å²) in [5.74, 6) is -0.0204. The van der Waals surface area contributed by atoms with E-state index in [-0.39, 0.29) is 11.3 Å². The standard InChI is InChI=1S/C17H21BrN2O/c1-3-17(4-2,11-18)12-20-16(21)14-7-8-15-13(10-14)6-5-9-19-15/h5-10H,3-4,11-12H2,1-2H3,(H,20,21).